The van der Waals surface area contributed by atoms with E-state index in [0.717, 1.165) is 33.7 Å². The summed E-state index contributed by atoms with van der Waals surface area (Å²) in [5.41, 5.74) is 14.7. The molecule has 1 unspecified atom stereocenters. The molecule has 3 heteroatoms. The SMILES string of the molecule is CC1(C)c2ccccc2-c2ccc(-c3ccc4oc5c(c4c3)N3c4ccccc4NC3c3ccccc3-5)cc21. The van der Waals surface area contributed by atoms with Crippen molar-refractivity contribution in [2.75, 3.05) is 10.2 Å². The molecule has 3 nitrogen and oxygen atoms in total. The van der Waals surface area contributed by atoms with Gasteiger partial charge in [-0.3, -0.25) is 0 Å². The summed E-state index contributed by atoms with van der Waals surface area (Å²) in [6, 6.07) is 39.6. The maximum absolute atomic E-state index is 6.61. The van der Waals surface area contributed by atoms with Gasteiger partial charge in [0.1, 0.15) is 11.7 Å². The van der Waals surface area contributed by atoms with Crippen molar-refractivity contribution < 1.29 is 4.42 Å². The van der Waals surface area contributed by atoms with Crippen LogP contribution in [0.15, 0.2) is 114 Å². The third kappa shape index (κ3) is 2.67. The number of para-hydroxylation sites is 2. The van der Waals surface area contributed by atoms with Gasteiger partial charge in [-0.1, -0.05) is 92.7 Å². The third-order valence-electron chi connectivity index (χ3n) is 9.03. The maximum Gasteiger partial charge on any atom is 0.159 e. The van der Waals surface area contributed by atoms with Crippen LogP contribution in [-0.2, 0) is 5.41 Å². The summed E-state index contributed by atoms with van der Waals surface area (Å²) < 4.78 is 6.61. The molecule has 1 atom stereocenters. The van der Waals surface area contributed by atoms with Crippen molar-refractivity contribution >= 4 is 28.0 Å². The summed E-state index contributed by atoms with van der Waals surface area (Å²) in [7, 11) is 0. The number of fused-ring (bicyclic) bond motifs is 13. The van der Waals surface area contributed by atoms with E-state index in [9.17, 15) is 0 Å². The summed E-state index contributed by atoms with van der Waals surface area (Å²) in [6.07, 6.45) is 0.0369. The van der Waals surface area contributed by atoms with E-state index in [1.165, 1.54) is 44.6 Å². The minimum atomic E-state index is -0.0251. The van der Waals surface area contributed by atoms with E-state index in [1.54, 1.807) is 0 Å². The molecule has 5 aromatic carbocycles. The van der Waals surface area contributed by atoms with Crippen LogP contribution in [0.3, 0.4) is 0 Å². The van der Waals surface area contributed by atoms with Crippen molar-refractivity contribution in [2.24, 2.45) is 0 Å². The molecule has 0 radical (unpaired) electrons. The predicted molar refractivity (Wildman–Crippen MR) is 160 cm³/mol. The molecule has 0 fully saturated rings. The Hall–Kier alpha value is -4.76. The van der Waals surface area contributed by atoms with Crippen LogP contribution < -0.4 is 10.2 Å². The lowest BCUT2D eigenvalue weighted by atomic mass is 9.81. The number of nitrogens with zero attached hydrogens (tertiary/aromatic N) is 1. The first-order chi connectivity index (χ1) is 19.1. The van der Waals surface area contributed by atoms with Crippen LogP contribution in [0, 0.1) is 0 Å². The van der Waals surface area contributed by atoms with E-state index in [1.807, 2.05) is 0 Å². The molecule has 9 rings (SSSR count). The molecule has 0 spiro atoms. The van der Waals surface area contributed by atoms with Crippen LogP contribution in [0.2, 0.25) is 0 Å². The van der Waals surface area contributed by atoms with Gasteiger partial charge in [-0.2, -0.15) is 0 Å². The zero-order chi connectivity index (χ0) is 25.9. The summed E-state index contributed by atoms with van der Waals surface area (Å²) >= 11 is 0. The lowest BCUT2D eigenvalue weighted by Crippen LogP contribution is -2.27. The van der Waals surface area contributed by atoms with E-state index >= 15 is 0 Å². The highest BCUT2D eigenvalue weighted by Gasteiger charge is 2.41. The van der Waals surface area contributed by atoms with Gasteiger partial charge in [-0.15, -0.1) is 0 Å². The molecule has 39 heavy (non-hydrogen) atoms. The van der Waals surface area contributed by atoms with Gasteiger partial charge in [0.05, 0.1) is 17.1 Å². The maximum atomic E-state index is 6.61. The molecule has 1 N–H and O–H groups in total. The second-order valence-electron chi connectivity index (χ2n) is 11.4. The van der Waals surface area contributed by atoms with Gasteiger partial charge in [-0.05, 0) is 63.7 Å². The minimum absolute atomic E-state index is 0.0251. The Kier molecular flexibility index (Phi) is 3.92. The Balaban J connectivity index is 1.26. The first-order valence-electron chi connectivity index (χ1n) is 13.6. The molecule has 2 aliphatic heterocycles. The van der Waals surface area contributed by atoms with Gasteiger partial charge < -0.3 is 14.6 Å². The van der Waals surface area contributed by atoms with Crippen molar-refractivity contribution in [3.8, 4) is 33.6 Å². The minimum Gasteiger partial charge on any atom is -0.454 e. The average molecular weight is 503 g/mol. The highest BCUT2D eigenvalue weighted by Crippen LogP contribution is 2.57. The largest absolute Gasteiger partial charge is 0.454 e. The molecule has 3 aliphatic rings. The number of furan rings is 1. The van der Waals surface area contributed by atoms with Gasteiger partial charge in [0.25, 0.3) is 0 Å². The quantitative estimate of drug-likeness (QED) is 0.243. The number of hydrogen-bond acceptors (Lipinski definition) is 3. The summed E-state index contributed by atoms with van der Waals surface area (Å²) in [4.78, 5) is 2.42. The van der Waals surface area contributed by atoms with E-state index in [0.29, 0.717) is 0 Å². The Bertz CT molecular complexity index is 2000. The number of anilines is 3. The Morgan fingerprint density at radius 2 is 1.41 bits per heavy atom. The van der Waals surface area contributed by atoms with Crippen molar-refractivity contribution in [3.05, 3.63) is 126 Å². The second kappa shape index (κ2) is 7.21. The highest BCUT2D eigenvalue weighted by atomic mass is 16.3. The highest BCUT2D eigenvalue weighted by molar-refractivity contribution is 6.07. The zero-order valence-corrected chi connectivity index (χ0v) is 21.8. The lowest BCUT2D eigenvalue weighted by Gasteiger charge is -2.32. The summed E-state index contributed by atoms with van der Waals surface area (Å²) in [6.45, 7) is 4.68. The first kappa shape index (κ1) is 21.2. The molecule has 0 saturated carbocycles. The van der Waals surface area contributed by atoms with Gasteiger partial charge in [0, 0.05) is 21.9 Å². The molecule has 0 saturated heterocycles. The van der Waals surface area contributed by atoms with Gasteiger partial charge in [0.15, 0.2) is 5.76 Å². The standard InChI is InChI=1S/C36H26N2O/c1-36(2)28-12-6-5-9-23(28)24-17-15-22(20-29(24)36)21-16-18-32-27(19-21)33-34(39-32)25-10-3-4-11-26(25)35-37-30-13-7-8-14-31(30)38(33)35/h3-20,35,37H,1-2H3. The third-order valence-corrected chi connectivity index (χ3v) is 9.03. The molecular weight excluding hydrogens is 476 g/mol. The van der Waals surface area contributed by atoms with Crippen LogP contribution >= 0.6 is 0 Å². The van der Waals surface area contributed by atoms with Gasteiger partial charge >= 0.3 is 0 Å². The monoisotopic (exact) mass is 502 g/mol. The fourth-order valence-electron chi connectivity index (χ4n) is 7.14. The molecule has 1 aliphatic carbocycles. The summed E-state index contributed by atoms with van der Waals surface area (Å²) in [5.74, 6) is 0.943. The first-order valence-corrected chi connectivity index (χ1v) is 13.6. The number of benzene rings is 5. The summed E-state index contributed by atoms with van der Waals surface area (Å²) in [5, 5.41) is 4.91. The van der Waals surface area contributed by atoms with Crippen LogP contribution in [0.1, 0.15) is 36.7 Å². The van der Waals surface area contributed by atoms with E-state index in [-0.39, 0.29) is 11.6 Å². The fourth-order valence-corrected chi connectivity index (χ4v) is 7.14. The molecule has 1 aromatic heterocycles. The molecule has 186 valence electrons. The van der Waals surface area contributed by atoms with E-state index in [2.05, 4.69) is 133 Å². The van der Waals surface area contributed by atoms with Crippen LogP contribution in [0.25, 0.3) is 44.5 Å². The lowest BCUT2D eigenvalue weighted by molar-refractivity contribution is 0.622. The number of rotatable bonds is 1. The predicted octanol–water partition coefficient (Wildman–Crippen LogP) is 9.65. The average Bonchev–Trinajstić information content (AvgIpc) is 3.61. The van der Waals surface area contributed by atoms with Crippen molar-refractivity contribution in [1.82, 2.24) is 0 Å². The van der Waals surface area contributed by atoms with Gasteiger partial charge in [0.2, 0.25) is 0 Å². The smallest absolute Gasteiger partial charge is 0.159 e. The van der Waals surface area contributed by atoms with Crippen molar-refractivity contribution in [3.63, 3.8) is 0 Å². The van der Waals surface area contributed by atoms with Crippen molar-refractivity contribution in [1.29, 1.82) is 0 Å². The van der Waals surface area contributed by atoms with E-state index < -0.39 is 0 Å². The Morgan fingerprint density at radius 3 is 2.33 bits per heavy atom. The van der Waals surface area contributed by atoms with Gasteiger partial charge in [-0.25, -0.2) is 0 Å². The van der Waals surface area contributed by atoms with Crippen LogP contribution in [-0.4, -0.2) is 0 Å². The number of nitrogens with one attached hydrogen (secondary N) is 1. The Labute approximate surface area is 227 Å². The normalized spacial score (nSPS) is 17.1. The molecular formula is C36H26N2O. The fraction of sp³-hybridized carbons (Fsp3) is 0.111. The zero-order valence-electron chi connectivity index (χ0n) is 21.8. The second-order valence-corrected chi connectivity index (χ2v) is 11.4. The van der Waals surface area contributed by atoms with Crippen LogP contribution in [0.4, 0.5) is 17.1 Å². The number of hydrogen-bond donors (Lipinski definition) is 1. The molecule has 0 amide bonds. The Morgan fingerprint density at radius 1 is 0.692 bits per heavy atom. The molecule has 3 heterocycles. The topological polar surface area (TPSA) is 28.4 Å². The molecule has 6 aromatic rings. The van der Waals surface area contributed by atoms with Crippen molar-refractivity contribution in [2.45, 2.75) is 25.4 Å². The van der Waals surface area contributed by atoms with Crippen LogP contribution in [0.5, 0.6) is 0 Å². The molecule has 0 bridgehead atoms. The van der Waals surface area contributed by atoms with E-state index in [4.69, 9.17) is 4.42 Å².